The fraction of sp³-hybridized carbons (Fsp3) is 0.625. The second-order valence-electron chi connectivity index (χ2n) is 6.45. The third-order valence-corrected chi connectivity index (χ3v) is 5.40. The minimum atomic E-state index is 0.377. The van der Waals surface area contributed by atoms with Gasteiger partial charge in [0.1, 0.15) is 5.69 Å². The molecule has 0 amide bonds. The Morgan fingerprint density at radius 2 is 2.32 bits per heavy atom. The minimum Gasteiger partial charge on any atom is -0.384 e. The summed E-state index contributed by atoms with van der Waals surface area (Å²) in [6.07, 6.45) is 2.68. The first kappa shape index (κ1) is 14.4. The van der Waals surface area contributed by atoms with E-state index >= 15 is 0 Å². The minimum absolute atomic E-state index is 0.377. The molecule has 0 aromatic carbocycles. The van der Waals surface area contributed by atoms with Gasteiger partial charge in [-0.15, -0.1) is 16.4 Å². The van der Waals surface area contributed by atoms with Crippen molar-refractivity contribution < 1.29 is 4.74 Å². The van der Waals surface area contributed by atoms with Gasteiger partial charge < -0.3 is 4.74 Å². The summed E-state index contributed by atoms with van der Waals surface area (Å²) >= 11 is 1.82. The molecular weight excluding hydrogens is 296 g/mol. The molecule has 2 aliphatic rings. The number of fused-ring (bicyclic) bond motifs is 1. The third-order valence-electron chi connectivity index (χ3n) is 4.54. The van der Waals surface area contributed by atoms with E-state index in [0.29, 0.717) is 5.92 Å². The first-order chi connectivity index (χ1) is 10.8. The molecule has 22 heavy (non-hydrogen) atoms. The molecule has 5 nitrogen and oxygen atoms in total. The molecule has 0 bridgehead atoms. The first-order valence-electron chi connectivity index (χ1n) is 7.99. The van der Waals surface area contributed by atoms with Crippen LogP contribution in [0.3, 0.4) is 0 Å². The van der Waals surface area contributed by atoms with Crippen molar-refractivity contribution in [3.8, 4) is 0 Å². The van der Waals surface area contributed by atoms with Crippen LogP contribution in [0.15, 0.2) is 17.5 Å². The molecule has 2 aromatic heterocycles. The highest BCUT2D eigenvalue weighted by atomic mass is 32.1. The Morgan fingerprint density at radius 1 is 1.41 bits per heavy atom. The van der Waals surface area contributed by atoms with Crippen LogP contribution >= 0.6 is 11.3 Å². The predicted octanol–water partition coefficient (Wildman–Crippen LogP) is 2.50. The molecular formula is C16H22N4OS. The van der Waals surface area contributed by atoms with Crippen LogP contribution in [0.5, 0.6) is 0 Å². The van der Waals surface area contributed by atoms with Gasteiger partial charge in [-0.1, -0.05) is 11.3 Å². The highest BCUT2D eigenvalue weighted by Gasteiger charge is 2.32. The third kappa shape index (κ3) is 2.95. The van der Waals surface area contributed by atoms with Crippen LogP contribution in [0.2, 0.25) is 0 Å². The second-order valence-corrected chi connectivity index (χ2v) is 7.48. The highest BCUT2D eigenvalue weighted by molar-refractivity contribution is 7.09. The Labute approximate surface area is 134 Å². The summed E-state index contributed by atoms with van der Waals surface area (Å²) in [5.41, 5.74) is 2.46. The van der Waals surface area contributed by atoms with Crippen molar-refractivity contribution in [1.29, 1.82) is 0 Å². The van der Waals surface area contributed by atoms with Gasteiger partial charge >= 0.3 is 0 Å². The van der Waals surface area contributed by atoms with Crippen LogP contribution in [-0.2, 0) is 24.4 Å². The topological polar surface area (TPSA) is 43.2 Å². The molecule has 0 radical (unpaired) electrons. The quantitative estimate of drug-likeness (QED) is 0.821. The zero-order chi connectivity index (χ0) is 14.9. The molecule has 1 aliphatic heterocycles. The van der Waals surface area contributed by atoms with Crippen LogP contribution in [0.1, 0.15) is 35.0 Å². The monoisotopic (exact) mass is 318 g/mol. The predicted molar refractivity (Wildman–Crippen MR) is 85.8 cm³/mol. The summed E-state index contributed by atoms with van der Waals surface area (Å²) in [6, 6.07) is 4.32. The SMILES string of the molecule is COCC1CN(Cc2cccs2)Cc2nnn(CC3CC3)c21. The van der Waals surface area contributed by atoms with E-state index in [-0.39, 0.29) is 0 Å². The van der Waals surface area contributed by atoms with Gasteiger partial charge in [0.05, 0.1) is 12.3 Å². The fourth-order valence-electron chi connectivity index (χ4n) is 3.35. The van der Waals surface area contributed by atoms with E-state index in [1.807, 2.05) is 11.3 Å². The lowest BCUT2D eigenvalue weighted by Crippen LogP contribution is -2.36. The van der Waals surface area contributed by atoms with Gasteiger partial charge in [-0.05, 0) is 30.2 Å². The van der Waals surface area contributed by atoms with Crippen molar-refractivity contribution in [2.45, 2.75) is 38.4 Å². The molecule has 1 atom stereocenters. The van der Waals surface area contributed by atoms with Gasteiger partial charge in [0.15, 0.2) is 0 Å². The van der Waals surface area contributed by atoms with Crippen molar-refractivity contribution in [3.05, 3.63) is 33.8 Å². The zero-order valence-corrected chi connectivity index (χ0v) is 13.8. The molecule has 6 heteroatoms. The van der Waals surface area contributed by atoms with Crippen LogP contribution in [-0.4, -0.2) is 40.2 Å². The Balaban J connectivity index is 1.55. The maximum Gasteiger partial charge on any atom is 0.100 e. The van der Waals surface area contributed by atoms with Crippen molar-refractivity contribution in [2.75, 3.05) is 20.3 Å². The number of hydrogen-bond acceptors (Lipinski definition) is 5. The van der Waals surface area contributed by atoms with E-state index in [1.165, 1.54) is 23.4 Å². The van der Waals surface area contributed by atoms with Gasteiger partial charge in [0.25, 0.3) is 0 Å². The molecule has 1 aliphatic carbocycles. The van der Waals surface area contributed by atoms with Crippen LogP contribution in [0.25, 0.3) is 0 Å². The smallest absolute Gasteiger partial charge is 0.100 e. The lowest BCUT2D eigenvalue weighted by Gasteiger charge is -2.31. The molecule has 118 valence electrons. The Hall–Kier alpha value is -1.24. The average molecular weight is 318 g/mol. The maximum atomic E-state index is 5.47. The molecule has 3 heterocycles. The number of hydrogen-bond donors (Lipinski definition) is 0. The molecule has 2 aromatic rings. The molecule has 0 saturated heterocycles. The first-order valence-corrected chi connectivity index (χ1v) is 8.87. The zero-order valence-electron chi connectivity index (χ0n) is 12.9. The lowest BCUT2D eigenvalue weighted by molar-refractivity contribution is 0.131. The van der Waals surface area contributed by atoms with Gasteiger partial charge in [-0.3, -0.25) is 4.90 Å². The molecule has 0 N–H and O–H groups in total. The van der Waals surface area contributed by atoms with E-state index in [2.05, 4.69) is 37.4 Å². The van der Waals surface area contributed by atoms with E-state index in [4.69, 9.17) is 4.74 Å². The van der Waals surface area contributed by atoms with Crippen LogP contribution in [0.4, 0.5) is 0 Å². The summed E-state index contributed by atoms with van der Waals surface area (Å²) in [4.78, 5) is 3.87. The standard InChI is InChI=1S/C16H22N4OS/c1-21-11-13-8-19(9-14-3-2-6-22-14)10-15-16(13)20(18-17-15)7-12-4-5-12/h2-3,6,12-13H,4-5,7-11H2,1H3. The fourth-order valence-corrected chi connectivity index (χ4v) is 4.09. The van der Waals surface area contributed by atoms with Crippen molar-refractivity contribution in [2.24, 2.45) is 5.92 Å². The normalized spacial score (nSPS) is 22.0. The Bertz CT molecular complexity index is 620. The van der Waals surface area contributed by atoms with Gasteiger partial charge in [0, 0.05) is 44.1 Å². The van der Waals surface area contributed by atoms with Crippen molar-refractivity contribution >= 4 is 11.3 Å². The molecule has 1 fully saturated rings. The van der Waals surface area contributed by atoms with E-state index < -0.39 is 0 Å². The molecule has 4 rings (SSSR count). The number of rotatable bonds is 6. The van der Waals surface area contributed by atoms with Gasteiger partial charge in [0.2, 0.25) is 0 Å². The summed E-state index contributed by atoms with van der Waals surface area (Å²) in [6.45, 7) is 4.70. The second kappa shape index (κ2) is 6.10. The number of nitrogens with zero attached hydrogens (tertiary/aromatic N) is 4. The number of ether oxygens (including phenoxy) is 1. The average Bonchev–Trinajstić information content (AvgIpc) is 3.00. The summed E-state index contributed by atoms with van der Waals surface area (Å²) in [7, 11) is 1.78. The maximum absolute atomic E-state index is 5.47. The summed E-state index contributed by atoms with van der Waals surface area (Å²) in [5, 5.41) is 11.0. The highest BCUT2D eigenvalue weighted by Crippen LogP contribution is 2.34. The molecule has 1 saturated carbocycles. The Kier molecular flexibility index (Phi) is 3.98. The van der Waals surface area contributed by atoms with Crippen LogP contribution in [0, 0.1) is 5.92 Å². The Morgan fingerprint density at radius 3 is 3.05 bits per heavy atom. The summed E-state index contributed by atoms with van der Waals surface area (Å²) in [5.74, 6) is 1.20. The van der Waals surface area contributed by atoms with Crippen molar-refractivity contribution in [3.63, 3.8) is 0 Å². The van der Waals surface area contributed by atoms with E-state index in [1.54, 1.807) is 7.11 Å². The number of aromatic nitrogens is 3. The van der Waals surface area contributed by atoms with E-state index in [0.717, 1.165) is 44.4 Å². The van der Waals surface area contributed by atoms with Gasteiger partial charge in [-0.2, -0.15) is 0 Å². The number of thiophene rings is 1. The summed E-state index contributed by atoms with van der Waals surface area (Å²) < 4.78 is 7.63. The van der Waals surface area contributed by atoms with Gasteiger partial charge in [-0.25, -0.2) is 4.68 Å². The largest absolute Gasteiger partial charge is 0.384 e. The van der Waals surface area contributed by atoms with E-state index in [9.17, 15) is 0 Å². The van der Waals surface area contributed by atoms with Crippen LogP contribution < -0.4 is 0 Å². The lowest BCUT2D eigenvalue weighted by atomic mass is 9.98. The number of methoxy groups -OCH3 is 1. The molecule has 0 spiro atoms. The van der Waals surface area contributed by atoms with Crippen molar-refractivity contribution in [1.82, 2.24) is 19.9 Å². The molecule has 1 unspecified atom stereocenters.